The fraction of sp³-hybridized carbons (Fsp3) is 0.571. The molecule has 0 bridgehead atoms. The Morgan fingerprint density at radius 1 is 1.29 bits per heavy atom. The van der Waals surface area contributed by atoms with Crippen molar-refractivity contribution in [1.82, 2.24) is 0 Å². The average molecular weight is 251 g/mol. The van der Waals surface area contributed by atoms with Crippen LogP contribution in [-0.4, -0.2) is 12.1 Å². The number of hydrogen-bond donors (Lipinski definition) is 2. The standard InChI is InChI=1S/C14H19ClN2/c1-10-5-7-14(8-6-10)9-16-13-11(15)3-2-4-12(13)17-14/h2-4,10,16-17H,5-9H2,1H3. The van der Waals surface area contributed by atoms with E-state index in [0.717, 1.165) is 23.2 Å². The van der Waals surface area contributed by atoms with Crippen LogP contribution in [0, 0.1) is 5.92 Å². The third-order valence-corrected chi connectivity index (χ3v) is 4.56. The lowest BCUT2D eigenvalue weighted by Gasteiger charge is -2.44. The molecule has 0 saturated heterocycles. The molecule has 0 amide bonds. The summed E-state index contributed by atoms with van der Waals surface area (Å²) in [6, 6.07) is 6.07. The van der Waals surface area contributed by atoms with Gasteiger partial charge >= 0.3 is 0 Å². The molecule has 0 atom stereocenters. The Bertz CT molecular complexity index is 422. The zero-order chi connectivity index (χ0) is 11.9. The topological polar surface area (TPSA) is 24.1 Å². The van der Waals surface area contributed by atoms with Gasteiger partial charge in [0.05, 0.1) is 21.9 Å². The summed E-state index contributed by atoms with van der Waals surface area (Å²) in [4.78, 5) is 0. The first-order valence-electron chi connectivity index (χ1n) is 6.49. The van der Waals surface area contributed by atoms with Gasteiger partial charge in [0.15, 0.2) is 0 Å². The molecule has 1 aromatic carbocycles. The molecule has 1 aliphatic carbocycles. The lowest BCUT2D eigenvalue weighted by Crippen LogP contribution is -2.50. The van der Waals surface area contributed by atoms with E-state index in [1.54, 1.807) is 0 Å². The molecule has 1 spiro atoms. The Kier molecular flexibility index (Phi) is 2.70. The van der Waals surface area contributed by atoms with E-state index in [2.05, 4.69) is 23.6 Å². The van der Waals surface area contributed by atoms with E-state index in [1.807, 2.05) is 12.1 Å². The highest BCUT2D eigenvalue weighted by atomic mass is 35.5. The molecule has 2 aliphatic rings. The maximum absolute atomic E-state index is 6.19. The summed E-state index contributed by atoms with van der Waals surface area (Å²) in [7, 11) is 0. The average Bonchev–Trinajstić information content (AvgIpc) is 2.34. The van der Waals surface area contributed by atoms with Crippen molar-refractivity contribution in [2.75, 3.05) is 17.2 Å². The van der Waals surface area contributed by atoms with Crippen LogP contribution in [0.5, 0.6) is 0 Å². The second kappa shape index (κ2) is 4.09. The van der Waals surface area contributed by atoms with Crippen molar-refractivity contribution >= 4 is 23.0 Å². The predicted octanol–water partition coefficient (Wildman–Crippen LogP) is 4.13. The van der Waals surface area contributed by atoms with Crippen LogP contribution in [0.4, 0.5) is 11.4 Å². The highest BCUT2D eigenvalue weighted by Gasteiger charge is 2.37. The smallest absolute Gasteiger partial charge is 0.0766 e. The van der Waals surface area contributed by atoms with Crippen molar-refractivity contribution in [1.29, 1.82) is 0 Å². The summed E-state index contributed by atoms with van der Waals surface area (Å²) in [5.41, 5.74) is 2.49. The van der Waals surface area contributed by atoms with Crippen LogP contribution in [0.15, 0.2) is 18.2 Å². The van der Waals surface area contributed by atoms with E-state index < -0.39 is 0 Å². The Hall–Kier alpha value is -0.890. The first-order chi connectivity index (χ1) is 8.19. The minimum absolute atomic E-state index is 0.254. The Morgan fingerprint density at radius 2 is 2.06 bits per heavy atom. The van der Waals surface area contributed by atoms with Gasteiger partial charge in [0, 0.05) is 6.54 Å². The normalized spacial score (nSPS) is 31.5. The maximum atomic E-state index is 6.19. The molecule has 92 valence electrons. The second-order valence-corrected chi connectivity index (χ2v) is 6.01. The third-order valence-electron chi connectivity index (χ3n) is 4.25. The minimum Gasteiger partial charge on any atom is -0.380 e. The highest BCUT2D eigenvalue weighted by Crippen LogP contribution is 2.41. The number of anilines is 2. The number of benzene rings is 1. The van der Waals surface area contributed by atoms with Gasteiger partial charge in [-0.3, -0.25) is 0 Å². The largest absolute Gasteiger partial charge is 0.380 e. The number of halogens is 1. The number of hydrogen-bond acceptors (Lipinski definition) is 2. The van der Waals surface area contributed by atoms with E-state index in [0.29, 0.717) is 0 Å². The van der Waals surface area contributed by atoms with Gasteiger partial charge in [0.25, 0.3) is 0 Å². The molecule has 2 N–H and O–H groups in total. The fourth-order valence-electron chi connectivity index (χ4n) is 3.01. The predicted molar refractivity (Wildman–Crippen MR) is 73.9 cm³/mol. The van der Waals surface area contributed by atoms with Gasteiger partial charge < -0.3 is 10.6 Å². The van der Waals surface area contributed by atoms with Gasteiger partial charge in [-0.25, -0.2) is 0 Å². The van der Waals surface area contributed by atoms with Crippen molar-refractivity contribution in [2.24, 2.45) is 5.92 Å². The molecule has 3 heteroatoms. The molecule has 0 radical (unpaired) electrons. The van der Waals surface area contributed by atoms with Crippen LogP contribution in [-0.2, 0) is 0 Å². The molecule has 3 rings (SSSR count). The van der Waals surface area contributed by atoms with Crippen LogP contribution < -0.4 is 10.6 Å². The van der Waals surface area contributed by atoms with Crippen LogP contribution >= 0.6 is 11.6 Å². The monoisotopic (exact) mass is 250 g/mol. The van der Waals surface area contributed by atoms with Gasteiger partial charge in [0.2, 0.25) is 0 Å². The van der Waals surface area contributed by atoms with Crippen LogP contribution in [0.25, 0.3) is 0 Å². The number of nitrogens with one attached hydrogen (secondary N) is 2. The zero-order valence-corrected chi connectivity index (χ0v) is 11.0. The van der Waals surface area contributed by atoms with Crippen molar-refractivity contribution in [3.05, 3.63) is 23.2 Å². The first kappa shape index (κ1) is 11.2. The van der Waals surface area contributed by atoms with Crippen LogP contribution in [0.2, 0.25) is 5.02 Å². The third kappa shape index (κ3) is 1.99. The summed E-state index contributed by atoms with van der Waals surface area (Å²) in [6.07, 6.45) is 5.16. The van der Waals surface area contributed by atoms with E-state index >= 15 is 0 Å². The van der Waals surface area contributed by atoms with Gasteiger partial charge in [-0.15, -0.1) is 0 Å². The van der Waals surface area contributed by atoms with Crippen molar-refractivity contribution < 1.29 is 0 Å². The van der Waals surface area contributed by atoms with Crippen molar-refractivity contribution in [2.45, 2.75) is 38.1 Å². The minimum atomic E-state index is 0.254. The molecule has 0 aromatic heterocycles. The summed E-state index contributed by atoms with van der Waals surface area (Å²) >= 11 is 6.19. The van der Waals surface area contributed by atoms with E-state index in [1.165, 1.54) is 31.4 Å². The van der Waals surface area contributed by atoms with E-state index in [9.17, 15) is 0 Å². The van der Waals surface area contributed by atoms with Gasteiger partial charge in [0.1, 0.15) is 0 Å². The maximum Gasteiger partial charge on any atom is 0.0766 e. The Morgan fingerprint density at radius 3 is 2.82 bits per heavy atom. The molecule has 0 unspecified atom stereocenters. The molecule has 1 aliphatic heterocycles. The summed E-state index contributed by atoms with van der Waals surface area (Å²) in [5, 5.41) is 8.05. The van der Waals surface area contributed by atoms with Gasteiger partial charge in [-0.1, -0.05) is 24.6 Å². The number of fused-ring (bicyclic) bond motifs is 1. The molecule has 2 nitrogen and oxygen atoms in total. The van der Waals surface area contributed by atoms with Crippen LogP contribution in [0.1, 0.15) is 32.6 Å². The summed E-state index contributed by atoms with van der Waals surface area (Å²) in [6.45, 7) is 3.35. The van der Waals surface area contributed by atoms with Crippen molar-refractivity contribution in [3.63, 3.8) is 0 Å². The zero-order valence-electron chi connectivity index (χ0n) is 10.2. The molecule has 1 aromatic rings. The Balaban J connectivity index is 1.85. The van der Waals surface area contributed by atoms with Crippen molar-refractivity contribution in [3.8, 4) is 0 Å². The van der Waals surface area contributed by atoms with Crippen LogP contribution in [0.3, 0.4) is 0 Å². The second-order valence-electron chi connectivity index (χ2n) is 5.60. The molecular formula is C14H19ClN2. The van der Waals surface area contributed by atoms with Gasteiger partial charge in [-0.2, -0.15) is 0 Å². The highest BCUT2D eigenvalue weighted by molar-refractivity contribution is 6.34. The summed E-state index contributed by atoms with van der Waals surface area (Å²) in [5.74, 6) is 0.878. The van der Waals surface area contributed by atoms with Gasteiger partial charge in [-0.05, 0) is 43.7 Å². The lowest BCUT2D eigenvalue weighted by atomic mass is 9.76. The molecule has 1 fully saturated rings. The van der Waals surface area contributed by atoms with E-state index in [-0.39, 0.29) is 5.54 Å². The molecule has 1 heterocycles. The molecular weight excluding hydrogens is 232 g/mol. The fourth-order valence-corrected chi connectivity index (χ4v) is 3.25. The SMILES string of the molecule is CC1CCC2(CC1)CNc1c(Cl)cccc1N2. The Labute approximate surface area is 108 Å². The number of rotatable bonds is 0. The number of para-hydroxylation sites is 1. The lowest BCUT2D eigenvalue weighted by molar-refractivity contribution is 0.274. The first-order valence-corrected chi connectivity index (χ1v) is 6.87. The quantitative estimate of drug-likeness (QED) is 0.724. The molecule has 1 saturated carbocycles. The molecule has 17 heavy (non-hydrogen) atoms. The van der Waals surface area contributed by atoms with E-state index in [4.69, 9.17) is 11.6 Å². The summed E-state index contributed by atoms with van der Waals surface area (Å²) < 4.78 is 0.